The van der Waals surface area contributed by atoms with E-state index in [4.69, 9.17) is 0 Å². The van der Waals surface area contributed by atoms with Gasteiger partial charge in [-0.05, 0) is 19.8 Å². The van der Waals surface area contributed by atoms with Crippen molar-refractivity contribution in [1.29, 1.82) is 0 Å². The van der Waals surface area contributed by atoms with Crippen molar-refractivity contribution in [2.45, 2.75) is 38.5 Å². The van der Waals surface area contributed by atoms with E-state index in [2.05, 4.69) is 14.8 Å². The maximum atomic E-state index is 12.6. The summed E-state index contributed by atoms with van der Waals surface area (Å²) in [6.45, 7) is 4.97. The molecule has 140 valence electrons. The molecule has 0 N–H and O–H groups in total. The van der Waals surface area contributed by atoms with Crippen molar-refractivity contribution >= 4 is 17.2 Å². The summed E-state index contributed by atoms with van der Waals surface area (Å²) in [7, 11) is 0. The molecule has 9 heteroatoms. The van der Waals surface area contributed by atoms with E-state index in [1.807, 2.05) is 13.1 Å². The number of piperidine rings is 1. The molecule has 0 radical (unpaired) electrons. The Morgan fingerprint density at radius 1 is 1.24 bits per heavy atom. The molecule has 0 unspecified atom stereocenters. The fraction of sp³-hybridized carbons (Fsp3) is 0.750. The minimum Gasteiger partial charge on any atom is -0.332 e. The van der Waals surface area contributed by atoms with Gasteiger partial charge in [0.25, 0.3) is 0 Å². The van der Waals surface area contributed by atoms with E-state index >= 15 is 0 Å². The lowest BCUT2D eigenvalue weighted by Gasteiger charge is -2.42. The number of likely N-dealkylation sites (tertiary alicyclic amines) is 1. The number of nitrogens with zero attached hydrogens (tertiary/aromatic N) is 4. The number of halogens is 3. The van der Waals surface area contributed by atoms with Gasteiger partial charge in [-0.3, -0.25) is 14.6 Å². The summed E-state index contributed by atoms with van der Waals surface area (Å²) in [6.07, 6.45) is -1.15. The first-order chi connectivity index (χ1) is 11.8. The highest BCUT2D eigenvalue weighted by atomic mass is 32.1. The van der Waals surface area contributed by atoms with E-state index < -0.39 is 18.8 Å². The second-order valence-electron chi connectivity index (χ2n) is 6.69. The van der Waals surface area contributed by atoms with E-state index in [-0.39, 0.29) is 12.5 Å². The number of thiazole rings is 1. The zero-order valence-electron chi connectivity index (χ0n) is 14.3. The van der Waals surface area contributed by atoms with Crippen LogP contribution >= 0.6 is 11.3 Å². The van der Waals surface area contributed by atoms with Gasteiger partial charge in [0.2, 0.25) is 5.91 Å². The third kappa shape index (κ3) is 4.92. The van der Waals surface area contributed by atoms with Crippen molar-refractivity contribution in [1.82, 2.24) is 19.7 Å². The molecule has 2 fully saturated rings. The van der Waals surface area contributed by atoms with Crippen molar-refractivity contribution in [2.24, 2.45) is 0 Å². The average Bonchev–Trinajstić information content (AvgIpc) is 2.94. The molecule has 0 bridgehead atoms. The maximum Gasteiger partial charge on any atom is 0.406 e. The van der Waals surface area contributed by atoms with Crippen LogP contribution in [-0.2, 0) is 11.3 Å². The highest BCUT2D eigenvalue weighted by Gasteiger charge is 2.39. The lowest BCUT2D eigenvalue weighted by Crippen LogP contribution is -2.58. The molecule has 1 amide bonds. The Bertz CT molecular complexity index is 598. The number of piperazine rings is 1. The standard InChI is InChI=1S/C16H23F3N4OS/c1-12-20-9-13(25-12)10-21-5-7-22(8-6-21)14-3-2-4-23(15(14)24)11-16(17,18)19/h9,14H,2-8,10-11H2,1H3/t14-/m0/s1. The van der Waals surface area contributed by atoms with Crippen LogP contribution in [-0.4, -0.2) is 77.1 Å². The van der Waals surface area contributed by atoms with Crippen LogP contribution in [0.15, 0.2) is 6.20 Å². The van der Waals surface area contributed by atoms with Gasteiger partial charge in [0.15, 0.2) is 0 Å². The molecule has 1 aromatic heterocycles. The topological polar surface area (TPSA) is 39.7 Å². The summed E-state index contributed by atoms with van der Waals surface area (Å²) in [5.41, 5.74) is 0. The number of hydrogen-bond acceptors (Lipinski definition) is 5. The molecule has 5 nitrogen and oxygen atoms in total. The number of amides is 1. The number of aromatic nitrogens is 1. The second kappa shape index (κ2) is 7.59. The lowest BCUT2D eigenvalue weighted by atomic mass is 10.0. The highest BCUT2D eigenvalue weighted by molar-refractivity contribution is 7.11. The Kier molecular flexibility index (Phi) is 5.65. The molecule has 25 heavy (non-hydrogen) atoms. The Labute approximate surface area is 149 Å². The Morgan fingerprint density at radius 3 is 2.56 bits per heavy atom. The SMILES string of the molecule is Cc1ncc(CN2CCN([C@H]3CCCN(CC(F)(F)F)C3=O)CC2)s1. The monoisotopic (exact) mass is 376 g/mol. The predicted molar refractivity (Wildman–Crippen MR) is 89.4 cm³/mol. The zero-order chi connectivity index (χ0) is 18.0. The highest BCUT2D eigenvalue weighted by Crippen LogP contribution is 2.24. The molecular weight excluding hydrogens is 353 g/mol. The van der Waals surface area contributed by atoms with Gasteiger partial charge in [0.1, 0.15) is 6.54 Å². The van der Waals surface area contributed by atoms with E-state index in [0.29, 0.717) is 25.9 Å². The summed E-state index contributed by atoms with van der Waals surface area (Å²) >= 11 is 1.68. The van der Waals surface area contributed by atoms with Crippen molar-refractivity contribution in [2.75, 3.05) is 39.3 Å². The molecule has 1 atom stereocenters. The second-order valence-corrected chi connectivity index (χ2v) is 8.01. The fourth-order valence-corrected chi connectivity index (χ4v) is 4.40. The van der Waals surface area contributed by atoms with Crippen LogP contribution in [0.3, 0.4) is 0 Å². The largest absolute Gasteiger partial charge is 0.406 e. The lowest BCUT2D eigenvalue weighted by molar-refractivity contribution is -0.168. The number of hydrogen-bond donors (Lipinski definition) is 0. The van der Waals surface area contributed by atoms with Crippen LogP contribution in [0, 0.1) is 6.92 Å². The van der Waals surface area contributed by atoms with Crippen LogP contribution in [0.2, 0.25) is 0 Å². The minimum absolute atomic E-state index is 0.208. The molecule has 1 aromatic rings. The third-order valence-electron chi connectivity index (χ3n) is 4.77. The number of rotatable bonds is 4. The molecule has 0 spiro atoms. The molecule has 2 aliphatic rings. The van der Waals surface area contributed by atoms with Crippen LogP contribution in [0.1, 0.15) is 22.7 Å². The quantitative estimate of drug-likeness (QED) is 0.807. The molecule has 3 heterocycles. The molecule has 0 aromatic carbocycles. The summed E-state index contributed by atoms with van der Waals surface area (Å²) < 4.78 is 37.9. The van der Waals surface area contributed by atoms with Crippen LogP contribution in [0.5, 0.6) is 0 Å². The van der Waals surface area contributed by atoms with Crippen molar-refractivity contribution in [3.8, 4) is 0 Å². The molecule has 2 saturated heterocycles. The predicted octanol–water partition coefficient (Wildman–Crippen LogP) is 2.12. The molecular formula is C16H23F3N4OS. The number of alkyl halides is 3. The van der Waals surface area contributed by atoms with Crippen molar-refractivity contribution in [3.05, 3.63) is 16.1 Å². The van der Waals surface area contributed by atoms with Crippen molar-refractivity contribution in [3.63, 3.8) is 0 Å². The van der Waals surface area contributed by atoms with E-state index in [9.17, 15) is 18.0 Å². The molecule has 3 rings (SSSR count). The first-order valence-electron chi connectivity index (χ1n) is 8.55. The molecule has 2 aliphatic heterocycles. The summed E-state index contributed by atoms with van der Waals surface area (Å²) in [6, 6.07) is -0.399. The van der Waals surface area contributed by atoms with Gasteiger partial charge in [-0.25, -0.2) is 4.98 Å². The van der Waals surface area contributed by atoms with Crippen LogP contribution < -0.4 is 0 Å². The minimum atomic E-state index is -4.33. The Balaban J connectivity index is 1.52. The average molecular weight is 376 g/mol. The normalized spacial score (nSPS) is 24.1. The van der Waals surface area contributed by atoms with Gasteiger partial charge >= 0.3 is 6.18 Å². The number of carbonyl (C=O) groups excluding carboxylic acids is 1. The van der Waals surface area contributed by atoms with Crippen LogP contribution in [0.25, 0.3) is 0 Å². The number of carbonyl (C=O) groups is 1. The smallest absolute Gasteiger partial charge is 0.332 e. The van der Waals surface area contributed by atoms with Gasteiger partial charge < -0.3 is 4.90 Å². The first-order valence-corrected chi connectivity index (χ1v) is 9.37. The van der Waals surface area contributed by atoms with Crippen molar-refractivity contribution < 1.29 is 18.0 Å². The number of aryl methyl sites for hydroxylation is 1. The van der Waals surface area contributed by atoms with E-state index in [0.717, 1.165) is 29.5 Å². The van der Waals surface area contributed by atoms with Crippen LogP contribution in [0.4, 0.5) is 13.2 Å². The van der Waals surface area contributed by atoms with Gasteiger partial charge in [-0.2, -0.15) is 13.2 Å². The Morgan fingerprint density at radius 2 is 1.96 bits per heavy atom. The summed E-state index contributed by atoms with van der Waals surface area (Å²) in [5.74, 6) is -0.366. The van der Waals surface area contributed by atoms with Gasteiger partial charge in [0.05, 0.1) is 11.0 Å². The zero-order valence-corrected chi connectivity index (χ0v) is 15.1. The molecule has 0 saturated carbocycles. The van der Waals surface area contributed by atoms with E-state index in [1.165, 1.54) is 4.88 Å². The van der Waals surface area contributed by atoms with E-state index in [1.54, 1.807) is 11.3 Å². The first kappa shape index (κ1) is 18.6. The fourth-order valence-electron chi connectivity index (χ4n) is 3.56. The Hall–Kier alpha value is -1.19. The van der Waals surface area contributed by atoms with Gasteiger partial charge in [-0.15, -0.1) is 11.3 Å². The molecule has 0 aliphatic carbocycles. The van der Waals surface area contributed by atoms with Gasteiger partial charge in [0, 0.05) is 50.3 Å². The third-order valence-corrected chi connectivity index (χ3v) is 5.67. The van der Waals surface area contributed by atoms with Gasteiger partial charge in [-0.1, -0.05) is 0 Å². The maximum absolute atomic E-state index is 12.6. The summed E-state index contributed by atoms with van der Waals surface area (Å²) in [5, 5.41) is 1.05. The summed E-state index contributed by atoms with van der Waals surface area (Å²) in [4.78, 5) is 23.3.